The molecule has 1 saturated carbocycles. The van der Waals surface area contributed by atoms with Crippen LogP contribution in [0.5, 0.6) is 0 Å². The molecule has 6 nitrogen and oxygen atoms in total. The molecular formula is C18H32Cl2N4O2S. The Hall–Kier alpha value is -0.600. The van der Waals surface area contributed by atoms with Crippen LogP contribution in [0.15, 0.2) is 6.20 Å². The summed E-state index contributed by atoms with van der Waals surface area (Å²) in [4.78, 5) is 23.1. The molecule has 2 N–H and O–H groups in total. The van der Waals surface area contributed by atoms with E-state index in [4.69, 9.17) is 10.5 Å². The monoisotopic (exact) mass is 438 g/mol. The van der Waals surface area contributed by atoms with Crippen LogP contribution >= 0.6 is 36.2 Å². The Kier molecular flexibility index (Phi) is 8.39. The Balaban J connectivity index is 0.00000182. The van der Waals surface area contributed by atoms with E-state index in [1.54, 1.807) is 11.3 Å². The third-order valence-electron chi connectivity index (χ3n) is 5.94. The number of hydrogen-bond acceptors (Lipinski definition) is 6. The molecule has 1 saturated heterocycles. The van der Waals surface area contributed by atoms with E-state index in [9.17, 15) is 4.79 Å². The fourth-order valence-corrected chi connectivity index (χ4v) is 4.69. The first-order chi connectivity index (χ1) is 11.8. The number of rotatable bonds is 5. The number of thiazole rings is 1. The Morgan fingerprint density at radius 3 is 2.41 bits per heavy atom. The normalized spacial score (nSPS) is 26.6. The fourth-order valence-electron chi connectivity index (χ4n) is 3.79. The van der Waals surface area contributed by atoms with Gasteiger partial charge in [-0.15, -0.1) is 36.2 Å². The van der Waals surface area contributed by atoms with Crippen LogP contribution < -0.4 is 10.6 Å². The number of nitrogens with zero attached hydrogens (tertiary/aromatic N) is 3. The molecule has 0 radical (unpaired) electrons. The number of carbonyl (C=O) groups is 1. The molecule has 1 amide bonds. The lowest BCUT2D eigenvalue weighted by molar-refractivity contribution is -0.179. The molecule has 156 valence electrons. The van der Waals surface area contributed by atoms with Gasteiger partial charge >= 0.3 is 0 Å². The van der Waals surface area contributed by atoms with E-state index in [-0.39, 0.29) is 42.2 Å². The van der Waals surface area contributed by atoms with Crippen LogP contribution in [0, 0.1) is 5.41 Å². The quantitative estimate of drug-likeness (QED) is 0.764. The Morgan fingerprint density at radius 1 is 1.30 bits per heavy atom. The van der Waals surface area contributed by atoms with Gasteiger partial charge in [-0.25, -0.2) is 4.98 Å². The molecule has 0 aromatic carbocycles. The summed E-state index contributed by atoms with van der Waals surface area (Å²) in [6.07, 6.45) is 3.65. The van der Waals surface area contributed by atoms with E-state index in [2.05, 4.69) is 16.8 Å². The summed E-state index contributed by atoms with van der Waals surface area (Å²) in [5.74, 6) is 0.0708. The van der Waals surface area contributed by atoms with Gasteiger partial charge in [0, 0.05) is 55.7 Å². The second-order valence-corrected chi connectivity index (χ2v) is 8.68. The summed E-state index contributed by atoms with van der Waals surface area (Å²) in [6, 6.07) is 0. The number of amides is 1. The second-order valence-electron chi connectivity index (χ2n) is 7.58. The van der Waals surface area contributed by atoms with E-state index in [0.29, 0.717) is 26.1 Å². The first-order valence-electron chi connectivity index (χ1n) is 9.23. The van der Waals surface area contributed by atoms with Gasteiger partial charge in [-0.3, -0.25) is 4.79 Å². The molecular weight excluding hydrogens is 407 g/mol. The van der Waals surface area contributed by atoms with E-state index < -0.39 is 5.54 Å². The van der Waals surface area contributed by atoms with Gasteiger partial charge in [-0.2, -0.15) is 0 Å². The molecule has 9 heteroatoms. The van der Waals surface area contributed by atoms with Crippen molar-refractivity contribution < 1.29 is 9.53 Å². The van der Waals surface area contributed by atoms with Crippen molar-refractivity contribution in [3.63, 3.8) is 0 Å². The highest BCUT2D eigenvalue weighted by Gasteiger charge is 2.63. The number of aryl methyl sites for hydroxylation is 1. The van der Waals surface area contributed by atoms with Gasteiger partial charge < -0.3 is 20.3 Å². The molecule has 2 unspecified atom stereocenters. The predicted octanol–water partition coefficient (Wildman–Crippen LogP) is 2.73. The summed E-state index contributed by atoms with van der Waals surface area (Å²) < 4.78 is 5.75. The number of piperazine rings is 1. The van der Waals surface area contributed by atoms with Crippen molar-refractivity contribution in [1.29, 1.82) is 0 Å². The van der Waals surface area contributed by atoms with Crippen LogP contribution in [0.25, 0.3) is 0 Å². The van der Waals surface area contributed by atoms with Crippen molar-refractivity contribution in [2.45, 2.75) is 52.2 Å². The lowest BCUT2D eigenvalue weighted by Gasteiger charge is -2.59. The number of halogens is 2. The number of anilines is 1. The zero-order chi connectivity index (χ0) is 18.2. The van der Waals surface area contributed by atoms with Crippen LogP contribution in [-0.2, 0) is 16.0 Å². The highest BCUT2D eigenvalue weighted by atomic mass is 35.5. The maximum atomic E-state index is 13.1. The lowest BCUT2D eigenvalue weighted by Crippen LogP contribution is -2.76. The molecule has 1 aliphatic heterocycles. The first kappa shape index (κ1) is 24.4. The van der Waals surface area contributed by atoms with Gasteiger partial charge in [-0.05, 0) is 13.3 Å². The van der Waals surface area contributed by atoms with Crippen LogP contribution in [0.3, 0.4) is 0 Å². The summed E-state index contributed by atoms with van der Waals surface area (Å²) in [5.41, 5.74) is 5.40. The van der Waals surface area contributed by atoms with Gasteiger partial charge in [-0.1, -0.05) is 20.8 Å². The van der Waals surface area contributed by atoms with Gasteiger partial charge in [0.2, 0.25) is 5.91 Å². The van der Waals surface area contributed by atoms with Crippen molar-refractivity contribution in [2.75, 3.05) is 37.7 Å². The average molecular weight is 439 g/mol. The van der Waals surface area contributed by atoms with Crippen LogP contribution in [0.4, 0.5) is 5.13 Å². The van der Waals surface area contributed by atoms with Gasteiger partial charge in [0.05, 0.1) is 6.10 Å². The molecule has 1 aliphatic carbocycles. The van der Waals surface area contributed by atoms with Gasteiger partial charge in [0.15, 0.2) is 5.13 Å². The maximum Gasteiger partial charge on any atom is 0.243 e. The second kappa shape index (κ2) is 9.27. The minimum absolute atomic E-state index is 0. The van der Waals surface area contributed by atoms with Gasteiger partial charge in [0.25, 0.3) is 0 Å². The SMILES string of the molecule is CCOC1CC(N)(C(=O)N2CCN(c3ncc(CC)s3)CC2)C1(C)C.Cl.Cl. The summed E-state index contributed by atoms with van der Waals surface area (Å²) >= 11 is 1.75. The fraction of sp³-hybridized carbons (Fsp3) is 0.778. The van der Waals surface area contributed by atoms with Crippen molar-refractivity contribution in [3.8, 4) is 0 Å². The number of aromatic nitrogens is 1. The average Bonchev–Trinajstić information content (AvgIpc) is 3.10. The molecule has 2 aliphatic rings. The topological polar surface area (TPSA) is 71.7 Å². The Morgan fingerprint density at radius 2 is 1.93 bits per heavy atom. The van der Waals surface area contributed by atoms with Crippen molar-refractivity contribution in [1.82, 2.24) is 9.88 Å². The van der Waals surface area contributed by atoms with Crippen LogP contribution in [-0.4, -0.2) is 60.2 Å². The lowest BCUT2D eigenvalue weighted by atomic mass is 9.54. The highest BCUT2D eigenvalue weighted by Crippen LogP contribution is 2.50. The van der Waals surface area contributed by atoms with E-state index in [1.807, 2.05) is 31.9 Å². The van der Waals surface area contributed by atoms with Crippen molar-refractivity contribution in [3.05, 3.63) is 11.1 Å². The van der Waals surface area contributed by atoms with Crippen LogP contribution in [0.1, 0.15) is 39.0 Å². The third kappa shape index (κ3) is 4.22. The minimum Gasteiger partial charge on any atom is -0.378 e. The highest BCUT2D eigenvalue weighted by molar-refractivity contribution is 7.15. The summed E-state index contributed by atoms with van der Waals surface area (Å²) in [7, 11) is 0. The molecule has 27 heavy (non-hydrogen) atoms. The van der Waals surface area contributed by atoms with Gasteiger partial charge in [0.1, 0.15) is 5.54 Å². The van der Waals surface area contributed by atoms with Crippen molar-refractivity contribution >= 4 is 47.2 Å². The number of ether oxygens (including phenoxy) is 1. The number of nitrogens with two attached hydrogens (primary N) is 1. The minimum atomic E-state index is -0.814. The molecule has 0 spiro atoms. The smallest absolute Gasteiger partial charge is 0.243 e. The maximum absolute atomic E-state index is 13.1. The number of hydrogen-bond donors (Lipinski definition) is 1. The van der Waals surface area contributed by atoms with Crippen molar-refractivity contribution in [2.24, 2.45) is 11.1 Å². The van der Waals surface area contributed by atoms with E-state index >= 15 is 0 Å². The summed E-state index contributed by atoms with van der Waals surface area (Å²) in [5, 5.41) is 1.06. The zero-order valence-corrected chi connectivity index (χ0v) is 19.0. The Bertz CT molecular complexity index is 635. The molecule has 3 rings (SSSR count). The first-order valence-corrected chi connectivity index (χ1v) is 10.0. The molecule has 1 aromatic heterocycles. The molecule has 2 fully saturated rings. The van der Waals surface area contributed by atoms with E-state index in [1.165, 1.54) is 4.88 Å². The van der Waals surface area contributed by atoms with Crippen LogP contribution in [0.2, 0.25) is 0 Å². The molecule has 2 atom stereocenters. The Labute approximate surface area is 178 Å². The van der Waals surface area contributed by atoms with E-state index in [0.717, 1.165) is 24.6 Å². The largest absolute Gasteiger partial charge is 0.378 e. The third-order valence-corrected chi connectivity index (χ3v) is 7.14. The standard InChI is InChI=1S/C18H30N4O2S.2ClH/c1-5-13-12-20-16(25-13)22-9-7-21(8-10-22)15(23)18(19)11-14(24-6-2)17(18,3)4;;/h12,14H,5-11,19H2,1-4H3;2*1H. The predicted molar refractivity (Wildman–Crippen MR) is 116 cm³/mol. The zero-order valence-electron chi connectivity index (χ0n) is 16.6. The molecule has 1 aromatic rings. The molecule has 0 bridgehead atoms. The number of carbonyl (C=O) groups excluding carboxylic acids is 1. The summed E-state index contributed by atoms with van der Waals surface area (Å²) in [6.45, 7) is 11.9. The molecule has 2 heterocycles.